The third-order valence-corrected chi connectivity index (χ3v) is 4.47. The van der Waals surface area contributed by atoms with Crippen molar-refractivity contribution in [2.45, 2.75) is 57.7 Å². The zero-order chi connectivity index (χ0) is 19.4. The summed E-state index contributed by atoms with van der Waals surface area (Å²) in [6.07, 6.45) is 3.75. The molecule has 0 aliphatic heterocycles. The molecule has 26 heavy (non-hydrogen) atoms. The normalized spacial score (nSPS) is 13.0. The number of carbonyl (C=O) groups is 1. The zero-order valence-corrected chi connectivity index (χ0v) is 16.1. The highest BCUT2D eigenvalue weighted by molar-refractivity contribution is 7.80. The monoisotopic (exact) mass is 382 g/mol. The number of nitrogens with one attached hydrogen (secondary N) is 1. The van der Waals surface area contributed by atoms with Crippen molar-refractivity contribution in [3.05, 3.63) is 35.4 Å². The fraction of sp³-hybridized carbons (Fsp3) is 0.579. The molecule has 1 amide bonds. The number of nitrogens with two attached hydrogens (primary N) is 1. The second-order valence-electron chi connectivity index (χ2n) is 6.22. The van der Waals surface area contributed by atoms with Gasteiger partial charge in [0.25, 0.3) is 0 Å². The fourth-order valence-corrected chi connectivity index (χ4v) is 3.01. The minimum Gasteiger partial charge on any atom is -0.439 e. The van der Waals surface area contributed by atoms with Crippen molar-refractivity contribution in [2.24, 2.45) is 5.73 Å². The van der Waals surface area contributed by atoms with E-state index in [-0.39, 0.29) is 0 Å². The maximum Gasteiger partial charge on any atom is 0.405 e. The van der Waals surface area contributed by atoms with Crippen molar-refractivity contribution in [1.29, 1.82) is 0 Å². The van der Waals surface area contributed by atoms with Crippen LogP contribution in [0.5, 0.6) is 0 Å². The second-order valence-corrected chi connectivity index (χ2v) is 6.63. The molecule has 0 aliphatic carbocycles. The van der Waals surface area contributed by atoms with Crippen molar-refractivity contribution in [1.82, 2.24) is 5.32 Å². The number of unbranched alkanes of at least 4 members (excludes halogenated alkanes) is 5. The maximum atomic E-state index is 11.2. The van der Waals surface area contributed by atoms with E-state index in [0.717, 1.165) is 19.4 Å². The first kappa shape index (κ1) is 22.3. The molecular weight excluding hydrogens is 352 g/mol. The Labute approximate surface area is 160 Å². The zero-order valence-electron chi connectivity index (χ0n) is 15.3. The van der Waals surface area contributed by atoms with E-state index in [4.69, 9.17) is 22.7 Å². The van der Waals surface area contributed by atoms with E-state index in [0.29, 0.717) is 16.1 Å². The predicted octanol–water partition coefficient (Wildman–Crippen LogP) is 2.80. The Hall–Kier alpha value is -1.70. The fourth-order valence-electron chi connectivity index (χ4n) is 2.72. The summed E-state index contributed by atoms with van der Waals surface area (Å²) in [7, 11) is 0. The van der Waals surface area contributed by atoms with Crippen LogP contribution < -0.4 is 11.1 Å². The van der Waals surface area contributed by atoms with E-state index in [1.165, 1.54) is 25.7 Å². The Bertz CT molecular complexity index is 568. The largest absolute Gasteiger partial charge is 0.439 e. The van der Waals surface area contributed by atoms with Gasteiger partial charge >= 0.3 is 6.09 Å². The van der Waals surface area contributed by atoms with E-state index in [1.54, 1.807) is 18.2 Å². The van der Waals surface area contributed by atoms with Crippen LogP contribution in [0.2, 0.25) is 0 Å². The van der Waals surface area contributed by atoms with Crippen LogP contribution in [0.15, 0.2) is 24.3 Å². The van der Waals surface area contributed by atoms with E-state index in [1.807, 2.05) is 6.07 Å². The van der Waals surface area contributed by atoms with Crippen molar-refractivity contribution in [2.75, 3.05) is 13.2 Å². The number of benzene rings is 1. The number of ether oxygens (including phenoxy) is 1. The molecule has 0 spiro atoms. The van der Waals surface area contributed by atoms with Gasteiger partial charge in [-0.3, -0.25) is 0 Å². The first-order valence-corrected chi connectivity index (χ1v) is 9.54. The number of primary amides is 1. The van der Waals surface area contributed by atoms with Gasteiger partial charge in [0, 0.05) is 17.7 Å². The molecule has 0 saturated carbocycles. The number of amides is 1. The maximum absolute atomic E-state index is 11.2. The summed E-state index contributed by atoms with van der Waals surface area (Å²) in [6.45, 7) is 2.38. The molecule has 0 aromatic heterocycles. The summed E-state index contributed by atoms with van der Waals surface area (Å²) in [4.78, 5) is 11.7. The third kappa shape index (κ3) is 7.68. The quantitative estimate of drug-likeness (QED) is 0.327. The van der Waals surface area contributed by atoms with Gasteiger partial charge in [-0.25, -0.2) is 4.79 Å². The summed E-state index contributed by atoms with van der Waals surface area (Å²) >= 11 is 5.46. The molecule has 6 nitrogen and oxygen atoms in total. The van der Waals surface area contributed by atoms with Gasteiger partial charge in [-0.1, -0.05) is 75.5 Å². The second kappa shape index (κ2) is 12.6. The van der Waals surface area contributed by atoms with Crippen molar-refractivity contribution in [3.8, 4) is 0 Å². The molecule has 7 heteroatoms. The molecule has 0 fully saturated rings. The molecular formula is C19H30N2O4S. The Morgan fingerprint density at radius 1 is 1.23 bits per heavy atom. The van der Waals surface area contributed by atoms with Gasteiger partial charge in [0.15, 0.2) is 6.10 Å². The highest BCUT2D eigenvalue weighted by Gasteiger charge is 2.27. The van der Waals surface area contributed by atoms with Gasteiger partial charge in [-0.15, -0.1) is 0 Å². The molecule has 1 aromatic rings. The summed E-state index contributed by atoms with van der Waals surface area (Å²) in [6, 6.07) is 7.04. The van der Waals surface area contributed by atoms with Crippen LogP contribution in [0.1, 0.15) is 62.7 Å². The van der Waals surface area contributed by atoms with Crippen LogP contribution in [-0.2, 0) is 4.74 Å². The van der Waals surface area contributed by atoms with Crippen LogP contribution in [0.25, 0.3) is 0 Å². The van der Waals surface area contributed by atoms with Crippen molar-refractivity contribution < 1.29 is 19.7 Å². The smallest absolute Gasteiger partial charge is 0.405 e. The average molecular weight is 383 g/mol. The van der Waals surface area contributed by atoms with E-state index in [2.05, 4.69) is 12.2 Å². The van der Waals surface area contributed by atoms with E-state index < -0.39 is 24.9 Å². The number of hydrogen-bond donors (Lipinski definition) is 4. The Morgan fingerprint density at radius 3 is 2.54 bits per heavy atom. The molecule has 0 aliphatic rings. The Kier molecular flexibility index (Phi) is 10.8. The first-order valence-electron chi connectivity index (χ1n) is 9.13. The first-order chi connectivity index (χ1) is 12.5. The van der Waals surface area contributed by atoms with Gasteiger partial charge in [-0.2, -0.15) is 0 Å². The average Bonchev–Trinajstić information content (AvgIpc) is 2.64. The minimum atomic E-state index is -1.29. The van der Waals surface area contributed by atoms with Crippen molar-refractivity contribution >= 4 is 23.3 Å². The van der Waals surface area contributed by atoms with Gasteiger partial charge in [0.2, 0.25) is 0 Å². The molecule has 5 N–H and O–H groups in total. The lowest BCUT2D eigenvalue weighted by Gasteiger charge is -2.24. The lowest BCUT2D eigenvalue weighted by molar-refractivity contribution is -0.0230. The van der Waals surface area contributed by atoms with Crippen LogP contribution in [-0.4, -0.2) is 40.6 Å². The van der Waals surface area contributed by atoms with Crippen LogP contribution in [0.3, 0.4) is 0 Å². The molecule has 2 unspecified atom stereocenters. The molecule has 0 heterocycles. The molecule has 2 atom stereocenters. The molecule has 1 rings (SSSR count). The molecule has 0 bridgehead atoms. The highest BCUT2D eigenvalue weighted by atomic mass is 32.1. The SMILES string of the molecule is CCCCCCCCNC(=S)c1ccccc1C(OC(N)=O)C(O)CO. The lowest BCUT2D eigenvalue weighted by Crippen LogP contribution is -2.32. The summed E-state index contributed by atoms with van der Waals surface area (Å²) in [5.41, 5.74) is 6.25. The van der Waals surface area contributed by atoms with Gasteiger partial charge in [-0.05, 0) is 6.42 Å². The molecule has 1 aromatic carbocycles. The molecule has 146 valence electrons. The number of aliphatic hydroxyl groups excluding tert-OH is 2. The van der Waals surface area contributed by atoms with Crippen LogP contribution in [0.4, 0.5) is 4.79 Å². The third-order valence-electron chi connectivity index (χ3n) is 4.11. The summed E-state index contributed by atoms with van der Waals surface area (Å²) < 4.78 is 5.00. The van der Waals surface area contributed by atoms with E-state index in [9.17, 15) is 15.0 Å². The highest BCUT2D eigenvalue weighted by Crippen LogP contribution is 2.25. The number of aliphatic hydroxyl groups is 2. The summed E-state index contributed by atoms with van der Waals surface area (Å²) in [5.74, 6) is 0. The van der Waals surface area contributed by atoms with Crippen LogP contribution >= 0.6 is 12.2 Å². The number of carbonyl (C=O) groups excluding carboxylic acids is 1. The van der Waals surface area contributed by atoms with Crippen molar-refractivity contribution in [3.63, 3.8) is 0 Å². The Morgan fingerprint density at radius 2 is 1.88 bits per heavy atom. The van der Waals surface area contributed by atoms with Gasteiger partial charge in [0.1, 0.15) is 11.1 Å². The number of thiocarbonyl (C=S) groups is 1. The molecule has 0 radical (unpaired) electrons. The van der Waals surface area contributed by atoms with Gasteiger partial charge in [0.05, 0.1) is 6.61 Å². The number of hydrogen-bond acceptors (Lipinski definition) is 5. The standard InChI is InChI=1S/C19H30N2O4S/c1-2-3-4-5-6-9-12-21-18(26)15-11-8-7-10-14(15)17(16(23)13-22)25-19(20)24/h7-8,10-11,16-17,22-23H,2-6,9,12-13H2,1H3,(H2,20,24)(H,21,26). The van der Waals surface area contributed by atoms with Crippen LogP contribution in [0, 0.1) is 0 Å². The summed E-state index contributed by atoms with van der Waals surface area (Å²) in [5, 5.41) is 22.4. The lowest BCUT2D eigenvalue weighted by atomic mass is 9.98. The predicted molar refractivity (Wildman–Crippen MR) is 106 cm³/mol. The molecule has 0 saturated heterocycles. The Balaban J connectivity index is 2.71. The van der Waals surface area contributed by atoms with Gasteiger partial charge < -0.3 is 26.0 Å². The topological polar surface area (TPSA) is 105 Å². The minimum absolute atomic E-state index is 0.508. The number of rotatable bonds is 12. The van der Waals surface area contributed by atoms with E-state index >= 15 is 0 Å².